The smallest absolute Gasteiger partial charge is 0.335 e. The van der Waals surface area contributed by atoms with Crippen molar-refractivity contribution in [3.05, 3.63) is 90.8 Å². The van der Waals surface area contributed by atoms with E-state index in [1.54, 1.807) is 20.0 Å². The first-order valence-corrected chi connectivity index (χ1v) is 11.9. The number of methoxy groups -OCH3 is 1. The second-order valence-corrected chi connectivity index (χ2v) is 9.08. The van der Waals surface area contributed by atoms with Crippen LogP contribution in [0.15, 0.2) is 57.0 Å². The highest BCUT2D eigenvalue weighted by Crippen LogP contribution is 2.23. The summed E-state index contributed by atoms with van der Waals surface area (Å²) < 4.78 is 8.57. The lowest BCUT2D eigenvalue weighted by Gasteiger charge is -2.16. The molecule has 1 aromatic heterocycles. The van der Waals surface area contributed by atoms with Crippen LogP contribution < -0.4 is 17.0 Å². The molecule has 0 aliphatic rings. The molecule has 0 saturated carbocycles. The number of carbonyl (C=O) groups is 1. The van der Waals surface area contributed by atoms with E-state index < -0.39 is 23.3 Å². The molecule has 0 unspecified atom stereocenters. The molecule has 0 aliphatic heterocycles. The summed E-state index contributed by atoms with van der Waals surface area (Å²) in [5.74, 6) is -1.18. The molecule has 8 nitrogen and oxygen atoms in total. The SMILES string of the molecule is CCCc1ccc(/N=c2\n(C)c(=O)n(C[C@H](C)C(=O)OC)c(=O)n2Cc2ccc(C)cc2)cc1Cl. The fourth-order valence-corrected chi connectivity index (χ4v) is 4.08. The summed E-state index contributed by atoms with van der Waals surface area (Å²) in [7, 11) is 2.83. The van der Waals surface area contributed by atoms with Crippen molar-refractivity contribution in [2.45, 2.75) is 46.7 Å². The molecule has 35 heavy (non-hydrogen) atoms. The van der Waals surface area contributed by atoms with Crippen molar-refractivity contribution in [1.82, 2.24) is 13.7 Å². The zero-order valence-electron chi connectivity index (χ0n) is 20.7. The van der Waals surface area contributed by atoms with Gasteiger partial charge in [0.1, 0.15) is 0 Å². The molecule has 0 bridgehead atoms. The molecule has 186 valence electrons. The van der Waals surface area contributed by atoms with Gasteiger partial charge in [0.2, 0.25) is 5.62 Å². The molecule has 2 aromatic carbocycles. The average Bonchev–Trinajstić information content (AvgIpc) is 2.84. The maximum Gasteiger partial charge on any atom is 0.335 e. The number of esters is 1. The predicted molar refractivity (Wildman–Crippen MR) is 136 cm³/mol. The molecule has 1 heterocycles. The van der Waals surface area contributed by atoms with Crippen molar-refractivity contribution in [2.24, 2.45) is 18.0 Å². The molecule has 1 atom stereocenters. The third-order valence-corrected chi connectivity index (χ3v) is 6.18. The Labute approximate surface area is 209 Å². The Morgan fingerprint density at radius 2 is 1.77 bits per heavy atom. The number of carbonyl (C=O) groups excluding carboxylic acids is 1. The molecule has 0 radical (unpaired) electrons. The third-order valence-electron chi connectivity index (χ3n) is 5.83. The van der Waals surface area contributed by atoms with Crippen LogP contribution in [0.1, 0.15) is 37.0 Å². The lowest BCUT2D eigenvalue weighted by atomic mass is 10.1. The molecule has 3 rings (SSSR count). The van der Waals surface area contributed by atoms with Gasteiger partial charge in [0.25, 0.3) is 0 Å². The van der Waals surface area contributed by atoms with Crippen LogP contribution in [0.3, 0.4) is 0 Å². The van der Waals surface area contributed by atoms with Gasteiger partial charge in [-0.25, -0.2) is 19.1 Å². The maximum absolute atomic E-state index is 13.6. The Bertz CT molecular complexity index is 1400. The molecular formula is C26H31ClN4O4. The van der Waals surface area contributed by atoms with Crippen molar-refractivity contribution in [3.63, 3.8) is 0 Å². The summed E-state index contributed by atoms with van der Waals surface area (Å²) in [4.78, 5) is 43.3. The Morgan fingerprint density at radius 1 is 1.09 bits per heavy atom. The fourth-order valence-electron chi connectivity index (χ4n) is 3.81. The van der Waals surface area contributed by atoms with E-state index in [2.05, 4.69) is 11.9 Å². The van der Waals surface area contributed by atoms with Gasteiger partial charge in [-0.1, -0.05) is 67.8 Å². The van der Waals surface area contributed by atoms with Gasteiger partial charge in [0.05, 0.1) is 25.3 Å². The molecule has 0 N–H and O–H groups in total. The molecule has 3 aromatic rings. The van der Waals surface area contributed by atoms with Crippen molar-refractivity contribution < 1.29 is 9.53 Å². The zero-order chi connectivity index (χ0) is 25.7. The summed E-state index contributed by atoms with van der Waals surface area (Å²) in [5.41, 5.74) is 2.56. The third kappa shape index (κ3) is 6.00. The van der Waals surface area contributed by atoms with E-state index >= 15 is 0 Å². The minimum atomic E-state index is -0.675. The second-order valence-electron chi connectivity index (χ2n) is 8.67. The molecule has 0 saturated heterocycles. The van der Waals surface area contributed by atoms with Gasteiger partial charge >= 0.3 is 17.3 Å². The van der Waals surface area contributed by atoms with Crippen LogP contribution in [0.25, 0.3) is 0 Å². The predicted octanol–water partition coefficient (Wildman–Crippen LogP) is 3.35. The molecule has 9 heteroatoms. The Kier molecular flexibility index (Phi) is 8.51. The summed E-state index contributed by atoms with van der Waals surface area (Å²) >= 11 is 6.44. The van der Waals surface area contributed by atoms with Crippen molar-refractivity contribution >= 4 is 23.3 Å². The van der Waals surface area contributed by atoms with Crippen LogP contribution in [0.5, 0.6) is 0 Å². The number of aryl methyl sites for hydroxylation is 2. The largest absolute Gasteiger partial charge is 0.469 e. The van der Waals surface area contributed by atoms with Gasteiger partial charge in [0, 0.05) is 18.6 Å². The number of nitrogens with zero attached hydrogens (tertiary/aromatic N) is 4. The van der Waals surface area contributed by atoms with Crippen LogP contribution in [0.2, 0.25) is 5.02 Å². The molecule has 0 fully saturated rings. The van der Waals surface area contributed by atoms with E-state index in [0.717, 1.165) is 34.1 Å². The topological polar surface area (TPSA) is 87.6 Å². The first kappa shape index (κ1) is 26.2. The number of rotatable bonds is 8. The van der Waals surface area contributed by atoms with Gasteiger partial charge in [-0.15, -0.1) is 0 Å². The highest BCUT2D eigenvalue weighted by molar-refractivity contribution is 6.31. The normalized spacial score (nSPS) is 12.6. The maximum atomic E-state index is 13.6. The van der Waals surface area contributed by atoms with Crippen molar-refractivity contribution in [1.29, 1.82) is 0 Å². The number of halogens is 1. The number of aromatic nitrogens is 3. The Morgan fingerprint density at radius 3 is 2.37 bits per heavy atom. The van der Waals surface area contributed by atoms with Gasteiger partial charge in [0.15, 0.2) is 0 Å². The fraction of sp³-hybridized carbons (Fsp3) is 0.385. The van der Waals surface area contributed by atoms with Crippen molar-refractivity contribution in [3.8, 4) is 0 Å². The van der Waals surface area contributed by atoms with E-state index in [1.807, 2.05) is 43.3 Å². The number of benzene rings is 2. The summed E-state index contributed by atoms with van der Waals surface area (Å²) in [6, 6.07) is 13.2. The quantitative estimate of drug-likeness (QED) is 0.445. The molecule has 0 amide bonds. The first-order chi connectivity index (χ1) is 16.7. The first-order valence-electron chi connectivity index (χ1n) is 11.5. The summed E-state index contributed by atoms with van der Waals surface area (Å²) in [6.45, 7) is 5.76. The molecular weight excluding hydrogens is 468 g/mol. The highest BCUT2D eigenvalue weighted by atomic mass is 35.5. The van der Waals surface area contributed by atoms with Crippen LogP contribution in [-0.2, 0) is 36.1 Å². The van der Waals surface area contributed by atoms with E-state index in [0.29, 0.717) is 10.7 Å². The Balaban J connectivity index is 2.23. The van der Waals surface area contributed by atoms with Crippen LogP contribution in [-0.4, -0.2) is 26.8 Å². The van der Waals surface area contributed by atoms with Crippen molar-refractivity contribution in [2.75, 3.05) is 7.11 Å². The monoisotopic (exact) mass is 498 g/mol. The second kappa shape index (κ2) is 11.4. The summed E-state index contributed by atoms with van der Waals surface area (Å²) in [6.07, 6.45) is 1.81. The van der Waals surface area contributed by atoms with Gasteiger partial charge in [-0.3, -0.25) is 13.9 Å². The number of hydrogen-bond donors (Lipinski definition) is 0. The summed E-state index contributed by atoms with van der Waals surface area (Å²) in [5, 5.41) is 0.587. The van der Waals surface area contributed by atoms with Crippen LogP contribution in [0, 0.1) is 12.8 Å². The lowest BCUT2D eigenvalue weighted by Crippen LogP contribution is -2.55. The standard InChI is InChI=1S/C26H31ClN4O4/c1-6-7-20-12-13-21(14-22(20)27)28-24-29(4)25(33)31(15-18(3)23(32)35-5)26(34)30(24)16-19-10-8-17(2)9-11-19/h8-14,18H,6-7,15-16H2,1-5H3/b28-24+/t18-/m0/s1. The van der Waals surface area contributed by atoms with Crippen LogP contribution >= 0.6 is 11.6 Å². The minimum absolute atomic E-state index is 0.107. The van der Waals surface area contributed by atoms with E-state index in [1.165, 1.54) is 16.2 Å². The highest BCUT2D eigenvalue weighted by Gasteiger charge is 2.19. The number of hydrogen-bond acceptors (Lipinski definition) is 5. The zero-order valence-corrected chi connectivity index (χ0v) is 21.5. The van der Waals surface area contributed by atoms with E-state index in [-0.39, 0.29) is 18.7 Å². The van der Waals surface area contributed by atoms with E-state index in [9.17, 15) is 14.4 Å². The van der Waals surface area contributed by atoms with E-state index in [4.69, 9.17) is 16.3 Å². The minimum Gasteiger partial charge on any atom is -0.469 e. The lowest BCUT2D eigenvalue weighted by molar-refractivity contribution is -0.145. The van der Waals surface area contributed by atoms with Gasteiger partial charge < -0.3 is 4.74 Å². The van der Waals surface area contributed by atoms with Gasteiger partial charge in [-0.2, -0.15) is 0 Å². The molecule has 0 spiro atoms. The van der Waals surface area contributed by atoms with Gasteiger partial charge in [-0.05, 0) is 36.6 Å². The average molecular weight is 499 g/mol. The Hall–Kier alpha value is -3.39. The van der Waals surface area contributed by atoms with Crippen LogP contribution in [0.4, 0.5) is 5.69 Å². The molecule has 0 aliphatic carbocycles. The number of ether oxygens (including phenoxy) is 1.